The highest BCUT2D eigenvalue weighted by Crippen LogP contribution is 2.37. The van der Waals surface area contributed by atoms with E-state index in [-0.39, 0.29) is 28.7 Å². The number of allylic oxidation sites excluding steroid dienone is 1. The van der Waals surface area contributed by atoms with E-state index in [0.717, 1.165) is 0 Å². The van der Waals surface area contributed by atoms with E-state index in [1.807, 2.05) is 6.07 Å². The lowest BCUT2D eigenvalue weighted by atomic mass is 10.1. The normalized spacial score (nSPS) is 14.6. The van der Waals surface area contributed by atoms with Crippen molar-refractivity contribution in [2.75, 3.05) is 6.61 Å². The molecule has 162 valence electrons. The second kappa shape index (κ2) is 9.24. The topological polar surface area (TPSA) is 61.8 Å². The van der Waals surface area contributed by atoms with Crippen LogP contribution in [-0.4, -0.2) is 18.4 Å². The first-order valence-electron chi connectivity index (χ1n) is 9.88. The van der Waals surface area contributed by atoms with Crippen LogP contribution in [0.2, 0.25) is 5.02 Å². The van der Waals surface area contributed by atoms with Crippen molar-refractivity contribution in [2.45, 2.75) is 13.0 Å². The van der Waals surface area contributed by atoms with E-state index >= 15 is 0 Å². The first-order valence-corrected chi connectivity index (χ1v) is 10.3. The average Bonchev–Trinajstić information content (AvgIpc) is 3.10. The van der Waals surface area contributed by atoms with Gasteiger partial charge in [0, 0.05) is 17.2 Å². The van der Waals surface area contributed by atoms with Gasteiger partial charge in [0.25, 0.3) is 0 Å². The van der Waals surface area contributed by atoms with Crippen LogP contribution in [0.4, 0.5) is 4.39 Å². The van der Waals surface area contributed by atoms with Crippen molar-refractivity contribution in [3.8, 4) is 11.5 Å². The number of fused-ring (bicyclic) bond motifs is 1. The number of ketones is 1. The maximum absolute atomic E-state index is 14.1. The molecule has 0 radical (unpaired) electrons. The van der Waals surface area contributed by atoms with Gasteiger partial charge in [0.1, 0.15) is 17.3 Å². The smallest absolute Gasteiger partial charge is 0.352 e. The van der Waals surface area contributed by atoms with Gasteiger partial charge in [-0.3, -0.25) is 4.79 Å². The average molecular weight is 453 g/mol. The SMILES string of the molecule is CCOC(=O)[C@@H](Oc1ccc2c(c1)O/C(=C\c1c(F)cccc1Cl)C2=O)c1ccccc1. The molecule has 0 bridgehead atoms. The summed E-state index contributed by atoms with van der Waals surface area (Å²) in [6.45, 7) is 1.92. The molecular weight excluding hydrogens is 435 g/mol. The monoisotopic (exact) mass is 452 g/mol. The van der Waals surface area contributed by atoms with Crippen LogP contribution < -0.4 is 9.47 Å². The maximum Gasteiger partial charge on any atom is 0.352 e. The lowest BCUT2D eigenvalue weighted by molar-refractivity contribution is -0.151. The fourth-order valence-electron chi connectivity index (χ4n) is 3.25. The van der Waals surface area contributed by atoms with Crippen molar-refractivity contribution in [3.05, 3.63) is 100 Å². The summed E-state index contributed by atoms with van der Waals surface area (Å²) in [7, 11) is 0. The Morgan fingerprint density at radius 1 is 1.12 bits per heavy atom. The number of esters is 1. The molecule has 3 aromatic carbocycles. The number of carbonyl (C=O) groups is 2. The Labute approximate surface area is 189 Å². The Morgan fingerprint density at radius 2 is 1.91 bits per heavy atom. The van der Waals surface area contributed by atoms with Gasteiger partial charge in [-0.25, -0.2) is 9.18 Å². The van der Waals surface area contributed by atoms with Crippen molar-refractivity contribution in [1.29, 1.82) is 0 Å². The molecule has 0 N–H and O–H groups in total. The van der Waals surface area contributed by atoms with Gasteiger partial charge in [-0.15, -0.1) is 0 Å². The Morgan fingerprint density at radius 3 is 2.62 bits per heavy atom. The van der Waals surface area contributed by atoms with Crippen LogP contribution in [0, 0.1) is 5.82 Å². The third-order valence-corrected chi connectivity index (χ3v) is 5.10. The third kappa shape index (κ3) is 4.36. The van der Waals surface area contributed by atoms with Crippen LogP contribution in [0.3, 0.4) is 0 Å². The lowest BCUT2D eigenvalue weighted by Gasteiger charge is -2.18. The first-order chi connectivity index (χ1) is 15.5. The van der Waals surface area contributed by atoms with Gasteiger partial charge in [0.2, 0.25) is 11.9 Å². The van der Waals surface area contributed by atoms with Crippen molar-refractivity contribution in [3.63, 3.8) is 0 Å². The van der Waals surface area contributed by atoms with E-state index in [1.54, 1.807) is 37.3 Å². The predicted molar refractivity (Wildman–Crippen MR) is 117 cm³/mol. The van der Waals surface area contributed by atoms with Gasteiger partial charge in [0.05, 0.1) is 17.2 Å². The molecule has 5 nitrogen and oxygen atoms in total. The summed E-state index contributed by atoms with van der Waals surface area (Å²) in [6, 6.07) is 17.8. The predicted octanol–water partition coefficient (Wildman–Crippen LogP) is 5.78. The van der Waals surface area contributed by atoms with E-state index in [9.17, 15) is 14.0 Å². The largest absolute Gasteiger partial charge is 0.474 e. The number of ether oxygens (including phenoxy) is 3. The Bertz CT molecular complexity index is 1190. The number of Topliss-reactive ketones (excluding diaryl/α,β-unsaturated/α-hetero) is 1. The van der Waals surface area contributed by atoms with E-state index < -0.39 is 23.7 Å². The van der Waals surface area contributed by atoms with Gasteiger partial charge in [0.15, 0.2) is 5.76 Å². The number of hydrogen-bond donors (Lipinski definition) is 0. The van der Waals surface area contributed by atoms with Crippen LogP contribution in [0.25, 0.3) is 6.08 Å². The van der Waals surface area contributed by atoms with Crippen LogP contribution in [-0.2, 0) is 9.53 Å². The lowest BCUT2D eigenvalue weighted by Crippen LogP contribution is -2.21. The molecule has 0 unspecified atom stereocenters. The second-order valence-electron chi connectivity index (χ2n) is 6.89. The molecule has 1 aliphatic heterocycles. The summed E-state index contributed by atoms with van der Waals surface area (Å²) in [6.07, 6.45) is 0.282. The molecule has 1 heterocycles. The molecule has 0 spiro atoms. The second-order valence-corrected chi connectivity index (χ2v) is 7.30. The minimum atomic E-state index is -0.987. The number of benzene rings is 3. The van der Waals surface area contributed by atoms with Gasteiger partial charge in [-0.2, -0.15) is 0 Å². The van der Waals surface area contributed by atoms with Gasteiger partial charge in [-0.1, -0.05) is 48.0 Å². The number of hydrogen-bond acceptors (Lipinski definition) is 5. The highest BCUT2D eigenvalue weighted by molar-refractivity contribution is 6.32. The molecule has 0 fully saturated rings. The molecule has 0 aliphatic carbocycles. The molecule has 0 aromatic heterocycles. The fraction of sp³-hybridized carbons (Fsp3) is 0.120. The Kier molecular flexibility index (Phi) is 6.23. The Balaban J connectivity index is 1.62. The van der Waals surface area contributed by atoms with Gasteiger partial charge < -0.3 is 14.2 Å². The highest BCUT2D eigenvalue weighted by atomic mass is 35.5. The maximum atomic E-state index is 14.1. The van der Waals surface area contributed by atoms with E-state index in [1.165, 1.54) is 36.4 Å². The van der Waals surface area contributed by atoms with Crippen LogP contribution in [0.5, 0.6) is 11.5 Å². The summed E-state index contributed by atoms with van der Waals surface area (Å²) in [5, 5.41) is 0.161. The third-order valence-electron chi connectivity index (χ3n) is 4.77. The van der Waals surface area contributed by atoms with Crippen LogP contribution in [0.1, 0.15) is 34.5 Å². The van der Waals surface area contributed by atoms with Crippen LogP contribution in [0.15, 0.2) is 72.5 Å². The zero-order chi connectivity index (χ0) is 22.7. The number of halogens is 2. The molecule has 0 saturated heterocycles. The molecule has 3 aromatic rings. The zero-order valence-electron chi connectivity index (χ0n) is 17.0. The Hall–Kier alpha value is -3.64. The minimum absolute atomic E-state index is 0.0610. The summed E-state index contributed by atoms with van der Waals surface area (Å²) < 4.78 is 30.8. The minimum Gasteiger partial charge on any atom is -0.474 e. The first kappa shape index (κ1) is 21.6. The number of carbonyl (C=O) groups excluding carboxylic acids is 2. The van der Waals surface area contributed by atoms with Gasteiger partial charge >= 0.3 is 5.97 Å². The molecule has 1 aliphatic rings. The summed E-state index contributed by atoms with van der Waals surface area (Å²) in [5.74, 6) is -1.02. The van der Waals surface area contributed by atoms with Crippen molar-refractivity contribution >= 4 is 29.4 Å². The molecule has 4 rings (SSSR count). The highest BCUT2D eigenvalue weighted by Gasteiger charge is 2.30. The standard InChI is InChI=1S/C25H18ClFO5/c1-2-30-25(29)24(15-7-4-3-5-8-15)31-16-11-12-17-21(13-16)32-22(23(17)28)14-18-19(26)9-6-10-20(18)27/h3-14,24H,2H2,1H3/b22-14-/t24-/m0/s1. The molecule has 0 saturated carbocycles. The molecular formula is C25H18ClFO5. The van der Waals surface area contributed by atoms with E-state index in [2.05, 4.69) is 0 Å². The molecule has 1 atom stereocenters. The summed E-state index contributed by atoms with van der Waals surface area (Å²) in [4.78, 5) is 25.2. The summed E-state index contributed by atoms with van der Waals surface area (Å²) >= 11 is 6.05. The summed E-state index contributed by atoms with van der Waals surface area (Å²) in [5.41, 5.74) is 0.981. The molecule has 7 heteroatoms. The zero-order valence-corrected chi connectivity index (χ0v) is 17.8. The van der Waals surface area contributed by atoms with Crippen molar-refractivity contribution in [1.82, 2.24) is 0 Å². The van der Waals surface area contributed by atoms with Gasteiger partial charge in [-0.05, 0) is 37.3 Å². The van der Waals surface area contributed by atoms with Crippen molar-refractivity contribution in [2.24, 2.45) is 0 Å². The van der Waals surface area contributed by atoms with Crippen LogP contribution >= 0.6 is 11.6 Å². The van der Waals surface area contributed by atoms with E-state index in [4.69, 9.17) is 25.8 Å². The quantitative estimate of drug-likeness (QED) is 0.350. The fourth-order valence-corrected chi connectivity index (χ4v) is 3.47. The molecule has 0 amide bonds. The van der Waals surface area contributed by atoms with Crippen molar-refractivity contribution < 1.29 is 28.2 Å². The van der Waals surface area contributed by atoms with E-state index in [0.29, 0.717) is 16.9 Å². The number of rotatable bonds is 6. The molecule has 32 heavy (non-hydrogen) atoms.